The number of halogens is 1. The molecule has 322 valence electrons. The lowest BCUT2D eigenvalue weighted by Crippen LogP contribution is -2.47. The molecule has 0 radical (unpaired) electrons. The van der Waals surface area contributed by atoms with E-state index in [9.17, 15) is 27.2 Å². The molecule has 1 N–H and O–H groups in total. The first-order valence-electron chi connectivity index (χ1n) is 21.0. The van der Waals surface area contributed by atoms with E-state index in [1.54, 1.807) is 46.1 Å². The van der Waals surface area contributed by atoms with E-state index in [4.69, 9.17) is 19.2 Å². The van der Waals surface area contributed by atoms with Crippen LogP contribution in [0.2, 0.25) is 0 Å². The maximum absolute atomic E-state index is 15.0. The summed E-state index contributed by atoms with van der Waals surface area (Å²) in [6.45, 7) is 9.36. The van der Waals surface area contributed by atoms with Crippen molar-refractivity contribution in [1.82, 2.24) is 14.6 Å². The Labute approximate surface area is 351 Å². The predicted molar refractivity (Wildman–Crippen MR) is 224 cm³/mol. The average Bonchev–Trinajstić information content (AvgIpc) is 4.11. The van der Waals surface area contributed by atoms with Crippen molar-refractivity contribution in [1.29, 1.82) is 0 Å². The fourth-order valence-electron chi connectivity index (χ4n) is 8.90. The molecule has 12 nitrogen and oxygen atoms in total. The maximum Gasteiger partial charge on any atom is 0.307 e. The van der Waals surface area contributed by atoms with E-state index in [2.05, 4.69) is 11.6 Å². The number of aromatic nitrogens is 1. The molecule has 7 atom stereocenters. The number of ketones is 1. The Balaban J connectivity index is 1.26. The summed E-state index contributed by atoms with van der Waals surface area (Å²) in [5, 5.41) is 0.761. The molecule has 0 bridgehead atoms. The Morgan fingerprint density at radius 2 is 1.75 bits per heavy atom. The van der Waals surface area contributed by atoms with Gasteiger partial charge in [-0.3, -0.25) is 23.9 Å². The lowest BCUT2D eigenvalue weighted by atomic mass is 9.82. The van der Waals surface area contributed by atoms with E-state index in [1.165, 1.54) is 17.0 Å². The molecule has 2 saturated carbocycles. The van der Waals surface area contributed by atoms with Crippen LogP contribution < -0.4 is 14.2 Å². The van der Waals surface area contributed by atoms with Gasteiger partial charge in [0.2, 0.25) is 27.7 Å². The van der Waals surface area contributed by atoms with Gasteiger partial charge in [0, 0.05) is 23.8 Å². The zero-order valence-electron chi connectivity index (χ0n) is 35.2. The number of nitrogens with zero attached hydrogens (tertiary/aromatic N) is 2. The highest BCUT2D eigenvalue weighted by Crippen LogP contribution is 2.57. The summed E-state index contributed by atoms with van der Waals surface area (Å²) in [6.07, 6.45) is 6.18. The van der Waals surface area contributed by atoms with Crippen LogP contribution in [-0.4, -0.2) is 78.5 Å². The van der Waals surface area contributed by atoms with Crippen LogP contribution >= 0.6 is 0 Å². The molecule has 7 rings (SSSR count). The highest BCUT2D eigenvalue weighted by molar-refractivity contribution is 7.90. The average molecular weight is 846 g/mol. The molecule has 60 heavy (non-hydrogen) atoms. The van der Waals surface area contributed by atoms with Crippen molar-refractivity contribution in [3.63, 3.8) is 0 Å². The number of sulfonamides is 1. The van der Waals surface area contributed by atoms with E-state index in [0.717, 1.165) is 11.8 Å². The highest BCUT2D eigenvalue weighted by Gasteiger charge is 2.61. The molecular weight excluding hydrogens is 790 g/mol. The largest absolute Gasteiger partial charge is 0.497 e. The molecule has 3 fully saturated rings. The zero-order valence-corrected chi connectivity index (χ0v) is 36.1. The molecule has 2 aliphatic carbocycles. The number of ether oxygens (including phenoxy) is 3. The Hall–Kier alpha value is -4.85. The number of esters is 1. The van der Waals surface area contributed by atoms with E-state index in [1.807, 2.05) is 37.3 Å². The van der Waals surface area contributed by atoms with E-state index in [0.29, 0.717) is 54.5 Å². The third-order valence-electron chi connectivity index (χ3n) is 12.4. The van der Waals surface area contributed by atoms with Gasteiger partial charge in [-0.15, -0.1) is 0 Å². The lowest BCUT2D eigenvalue weighted by molar-refractivity contribution is -0.160. The SMILES string of the molecule is COc1ccc2c(O[C@@H]3C[C@H]4C(=O)C[C@]5(C(=O)NS(=O)(=O)C6CC6)C[C@H]5/C=C\CC[C@@H](C)C[C@@H](C)[C@H](CC(=O)OC(C)(C)C)C(=O)N4C3)nc(-c3ccc(F)cc3)cc2c1. The van der Waals surface area contributed by atoms with Crippen LogP contribution in [-0.2, 0) is 33.9 Å². The third-order valence-corrected chi connectivity index (χ3v) is 14.2. The first-order valence-corrected chi connectivity index (χ1v) is 22.6. The van der Waals surface area contributed by atoms with Crippen LogP contribution in [0.1, 0.15) is 92.4 Å². The number of benzene rings is 2. The lowest BCUT2D eigenvalue weighted by Gasteiger charge is -2.32. The predicted octanol–water partition coefficient (Wildman–Crippen LogP) is 7.33. The molecule has 2 aliphatic heterocycles. The standard InChI is InChI=1S/C46H56FN3O9S/c1-27-9-7-8-10-31-24-46(31,44(54)49-60(55,56)35-16-17-35)25-40(51)39-22-34(26-50(39)43(53)37(28(2)19-27)23-41(52)59-45(3,4)5)58-42-36-18-15-33(57-6)20-30(36)21-38(48-42)29-11-13-32(47)14-12-29/h8,10-15,18,20-21,27-28,31,34-35,37,39H,7,9,16-17,19,22-26H2,1-6H3,(H,49,54)/b10-8-/t27-,28-,31-,34-,37+,39+,46-/m1/s1. The molecule has 0 unspecified atom stereocenters. The summed E-state index contributed by atoms with van der Waals surface area (Å²) in [5.74, 6) is -2.80. The first kappa shape index (κ1) is 43.2. The molecule has 1 aromatic heterocycles. The molecular formula is C46H56FN3O9S. The van der Waals surface area contributed by atoms with Gasteiger partial charge >= 0.3 is 5.97 Å². The number of carbonyl (C=O) groups is 4. The number of allylic oxidation sites excluding steroid dienone is 2. The molecule has 2 amide bonds. The zero-order chi connectivity index (χ0) is 43.1. The Bertz CT molecular complexity index is 2290. The number of Topliss-reactive ketones (excluding diaryl/α,β-unsaturated/α-hetero) is 1. The van der Waals surface area contributed by atoms with Crippen LogP contribution in [0.4, 0.5) is 4.39 Å². The molecule has 1 saturated heterocycles. The molecule has 3 aromatic rings. The number of nitrogens with one attached hydrogen (secondary N) is 1. The van der Waals surface area contributed by atoms with Crippen LogP contribution in [0.5, 0.6) is 11.6 Å². The van der Waals surface area contributed by atoms with Crippen molar-refractivity contribution >= 4 is 44.4 Å². The van der Waals surface area contributed by atoms with E-state index < -0.39 is 62.0 Å². The first-order chi connectivity index (χ1) is 28.4. The molecule has 2 aromatic carbocycles. The number of methoxy groups -OCH3 is 1. The molecule has 3 heterocycles. The van der Waals surface area contributed by atoms with Crippen molar-refractivity contribution < 1.29 is 46.2 Å². The fourth-order valence-corrected chi connectivity index (χ4v) is 10.3. The van der Waals surface area contributed by atoms with Gasteiger partial charge in [-0.25, -0.2) is 17.8 Å². The van der Waals surface area contributed by atoms with Gasteiger partial charge in [0.05, 0.1) is 48.4 Å². The third kappa shape index (κ3) is 9.69. The van der Waals surface area contributed by atoms with Gasteiger partial charge < -0.3 is 19.1 Å². The van der Waals surface area contributed by atoms with Crippen LogP contribution in [0.3, 0.4) is 0 Å². The number of hydrogen-bond donors (Lipinski definition) is 1. The Morgan fingerprint density at radius 1 is 1.02 bits per heavy atom. The second-order valence-electron chi connectivity index (χ2n) is 18.4. The normalized spacial score (nSPS) is 28.1. The number of pyridine rings is 1. The summed E-state index contributed by atoms with van der Waals surface area (Å²) >= 11 is 0. The summed E-state index contributed by atoms with van der Waals surface area (Å²) < 4.78 is 60.1. The number of rotatable bonds is 9. The van der Waals surface area contributed by atoms with Gasteiger partial charge in [0.1, 0.15) is 23.3 Å². The minimum absolute atomic E-state index is 0.0129. The topological polar surface area (TPSA) is 158 Å². The summed E-state index contributed by atoms with van der Waals surface area (Å²) in [4.78, 5) is 63.6. The van der Waals surface area contributed by atoms with E-state index >= 15 is 4.79 Å². The van der Waals surface area contributed by atoms with Gasteiger partial charge in [0.25, 0.3) is 0 Å². The maximum atomic E-state index is 15.0. The smallest absolute Gasteiger partial charge is 0.307 e. The van der Waals surface area contributed by atoms with Crippen molar-refractivity contribution in [2.75, 3.05) is 13.7 Å². The number of carbonyl (C=O) groups excluding carboxylic acids is 4. The van der Waals surface area contributed by atoms with Gasteiger partial charge in [0.15, 0.2) is 5.78 Å². The number of hydrogen-bond acceptors (Lipinski definition) is 10. The molecule has 0 spiro atoms. The number of amides is 2. The van der Waals surface area contributed by atoms with Crippen LogP contribution in [0, 0.1) is 34.9 Å². The minimum Gasteiger partial charge on any atom is -0.497 e. The van der Waals surface area contributed by atoms with Crippen molar-refractivity contribution in [3.8, 4) is 22.9 Å². The van der Waals surface area contributed by atoms with Crippen molar-refractivity contribution in [2.24, 2.45) is 29.1 Å². The number of fused-ring (bicyclic) bond motifs is 3. The minimum atomic E-state index is -3.89. The summed E-state index contributed by atoms with van der Waals surface area (Å²) in [6, 6.07) is 12.2. The fraction of sp³-hybridized carbons (Fsp3) is 0.543. The Morgan fingerprint density at radius 3 is 2.43 bits per heavy atom. The second-order valence-corrected chi connectivity index (χ2v) is 20.4. The van der Waals surface area contributed by atoms with Crippen molar-refractivity contribution in [2.45, 2.75) is 115 Å². The van der Waals surface area contributed by atoms with Gasteiger partial charge in [-0.05, 0) is 131 Å². The monoisotopic (exact) mass is 845 g/mol. The van der Waals surface area contributed by atoms with Gasteiger partial charge in [-0.2, -0.15) is 0 Å². The molecule has 14 heteroatoms. The van der Waals surface area contributed by atoms with E-state index in [-0.39, 0.29) is 61.1 Å². The highest BCUT2D eigenvalue weighted by atomic mass is 32.2. The van der Waals surface area contributed by atoms with Crippen LogP contribution in [0.15, 0.2) is 60.7 Å². The quantitative estimate of drug-likeness (QED) is 0.171. The molecule has 4 aliphatic rings. The van der Waals surface area contributed by atoms with Gasteiger partial charge in [-0.1, -0.05) is 26.0 Å². The Kier molecular flexibility index (Phi) is 12.2. The van der Waals surface area contributed by atoms with Crippen LogP contribution in [0.25, 0.3) is 22.0 Å². The second kappa shape index (κ2) is 16.9. The summed E-state index contributed by atoms with van der Waals surface area (Å²) in [7, 11) is -2.33. The van der Waals surface area contributed by atoms with Crippen molar-refractivity contribution in [3.05, 3.63) is 66.5 Å². The summed E-state index contributed by atoms with van der Waals surface area (Å²) in [5.41, 5.74) is -0.922.